The van der Waals surface area contributed by atoms with E-state index in [0.717, 1.165) is 48.3 Å². The van der Waals surface area contributed by atoms with Crippen molar-refractivity contribution in [1.29, 1.82) is 5.26 Å². The van der Waals surface area contributed by atoms with E-state index in [2.05, 4.69) is 26.0 Å². The highest BCUT2D eigenvalue weighted by Crippen LogP contribution is 2.82. The quantitative estimate of drug-likeness (QED) is 0.693. The van der Waals surface area contributed by atoms with Gasteiger partial charge in [0.2, 0.25) is 0 Å². The van der Waals surface area contributed by atoms with Gasteiger partial charge >= 0.3 is 0 Å². The zero-order valence-corrected chi connectivity index (χ0v) is 15.5. The molecule has 25 heavy (non-hydrogen) atoms. The molecule has 5 saturated carbocycles. The highest BCUT2D eigenvalue weighted by atomic mass is 16.1. The van der Waals surface area contributed by atoms with Crippen molar-refractivity contribution in [3.63, 3.8) is 0 Å². The number of ketones is 1. The topological polar surface area (TPSA) is 40.9 Å². The normalized spacial score (nSPS) is 60.2. The van der Waals surface area contributed by atoms with Crippen molar-refractivity contribution in [3.05, 3.63) is 11.6 Å². The lowest BCUT2D eigenvalue weighted by molar-refractivity contribution is -0.116. The van der Waals surface area contributed by atoms with Crippen molar-refractivity contribution in [3.8, 4) is 6.07 Å². The summed E-state index contributed by atoms with van der Waals surface area (Å²) in [5, 5.41) is 10.1. The minimum absolute atomic E-state index is 0.0783. The van der Waals surface area contributed by atoms with Gasteiger partial charge in [-0.1, -0.05) is 12.5 Å². The largest absolute Gasteiger partial charge is 0.295 e. The molecule has 0 aromatic carbocycles. The van der Waals surface area contributed by atoms with Gasteiger partial charge in [0.05, 0.1) is 11.5 Å². The zero-order valence-electron chi connectivity index (χ0n) is 15.5. The molecule has 10 atom stereocenters. The van der Waals surface area contributed by atoms with Crippen molar-refractivity contribution in [2.75, 3.05) is 0 Å². The van der Waals surface area contributed by atoms with E-state index in [4.69, 9.17) is 0 Å². The number of fused-ring (bicyclic) bond motifs is 10. The third kappa shape index (κ3) is 1.53. The monoisotopic (exact) mass is 335 g/mol. The molecule has 0 N–H and O–H groups in total. The molecule has 0 aromatic rings. The maximum atomic E-state index is 12.0. The Morgan fingerprint density at radius 3 is 2.80 bits per heavy atom. The van der Waals surface area contributed by atoms with Crippen LogP contribution >= 0.6 is 0 Å². The second-order valence-corrected chi connectivity index (χ2v) is 10.4. The number of carbonyl (C=O) groups is 1. The summed E-state index contributed by atoms with van der Waals surface area (Å²) < 4.78 is 0. The molecule has 6 aliphatic rings. The van der Waals surface area contributed by atoms with Crippen LogP contribution in [0.4, 0.5) is 0 Å². The van der Waals surface area contributed by atoms with Gasteiger partial charge < -0.3 is 0 Å². The van der Waals surface area contributed by atoms with Crippen LogP contribution in [0.1, 0.15) is 58.8 Å². The number of hydrogen-bond donors (Lipinski definition) is 0. The molecule has 0 heterocycles. The highest BCUT2D eigenvalue weighted by Gasteiger charge is 2.77. The summed E-state index contributed by atoms with van der Waals surface area (Å²) in [6.45, 7) is 4.69. The SMILES string of the molecule is CC[C@]12CC[C@H]3[C@@H]([C@H]4C[C@H]4C4=CC(=O)CC[C@@H]43)[C@@H]1[C@@H]1C[C@@H]1[C@]2(C)C#N. The second-order valence-electron chi connectivity index (χ2n) is 10.4. The van der Waals surface area contributed by atoms with Crippen LogP contribution in [-0.2, 0) is 4.79 Å². The molecular weight excluding hydrogens is 306 g/mol. The molecular formula is C23H29NO. The molecule has 0 unspecified atom stereocenters. The zero-order chi connectivity index (χ0) is 17.1. The summed E-state index contributed by atoms with van der Waals surface area (Å²) in [7, 11) is 0. The summed E-state index contributed by atoms with van der Waals surface area (Å²) in [6.07, 6.45) is 10.4. The van der Waals surface area contributed by atoms with Crippen LogP contribution in [0.5, 0.6) is 0 Å². The first-order valence-corrected chi connectivity index (χ1v) is 10.7. The van der Waals surface area contributed by atoms with Crippen molar-refractivity contribution in [2.24, 2.45) is 58.2 Å². The summed E-state index contributed by atoms with van der Waals surface area (Å²) in [5.74, 6) is 6.67. The third-order valence-electron chi connectivity index (χ3n) is 10.1. The summed E-state index contributed by atoms with van der Waals surface area (Å²) in [4.78, 5) is 12.0. The van der Waals surface area contributed by atoms with Crippen LogP contribution in [0, 0.1) is 69.5 Å². The first kappa shape index (κ1) is 15.0. The van der Waals surface area contributed by atoms with Crippen LogP contribution in [0.2, 0.25) is 0 Å². The average molecular weight is 335 g/mol. The summed E-state index contributed by atoms with van der Waals surface area (Å²) in [5.41, 5.74) is 1.76. The van der Waals surface area contributed by atoms with Gasteiger partial charge in [0.15, 0.2) is 5.78 Å². The predicted octanol–water partition coefficient (Wildman–Crippen LogP) is 4.76. The van der Waals surface area contributed by atoms with Gasteiger partial charge in [0.1, 0.15) is 0 Å². The van der Waals surface area contributed by atoms with Crippen LogP contribution in [0.25, 0.3) is 0 Å². The molecule has 0 aliphatic heterocycles. The molecule has 2 heteroatoms. The number of nitrogens with zero attached hydrogens (tertiary/aromatic N) is 1. The number of rotatable bonds is 1. The summed E-state index contributed by atoms with van der Waals surface area (Å²) >= 11 is 0. The molecule has 6 rings (SSSR count). The van der Waals surface area contributed by atoms with Gasteiger partial charge in [-0.2, -0.15) is 5.26 Å². The smallest absolute Gasteiger partial charge is 0.155 e. The van der Waals surface area contributed by atoms with Crippen molar-refractivity contribution >= 4 is 5.78 Å². The lowest BCUT2D eigenvalue weighted by Crippen LogP contribution is -2.52. The van der Waals surface area contributed by atoms with Crippen LogP contribution in [0.3, 0.4) is 0 Å². The second kappa shape index (κ2) is 4.41. The van der Waals surface area contributed by atoms with Gasteiger partial charge in [0.25, 0.3) is 0 Å². The van der Waals surface area contributed by atoms with E-state index in [9.17, 15) is 10.1 Å². The fourth-order valence-corrected chi connectivity index (χ4v) is 9.09. The number of nitriles is 1. The number of allylic oxidation sites excluding steroid dienone is 1. The Morgan fingerprint density at radius 2 is 2.04 bits per heavy atom. The van der Waals surface area contributed by atoms with Crippen molar-refractivity contribution in [1.82, 2.24) is 0 Å². The van der Waals surface area contributed by atoms with Crippen LogP contribution in [0.15, 0.2) is 11.6 Å². The molecule has 5 fully saturated rings. The predicted molar refractivity (Wildman–Crippen MR) is 95.2 cm³/mol. The Hall–Kier alpha value is -1.10. The van der Waals surface area contributed by atoms with Gasteiger partial charge in [-0.25, -0.2) is 0 Å². The fourth-order valence-electron chi connectivity index (χ4n) is 9.09. The molecule has 0 bridgehead atoms. The number of carbonyl (C=O) groups excluding carboxylic acids is 1. The number of hydrogen-bond acceptors (Lipinski definition) is 2. The highest BCUT2D eigenvalue weighted by molar-refractivity contribution is 5.91. The maximum Gasteiger partial charge on any atom is 0.155 e. The van der Waals surface area contributed by atoms with Gasteiger partial charge in [0, 0.05) is 6.42 Å². The Labute approximate surface area is 151 Å². The van der Waals surface area contributed by atoms with Crippen molar-refractivity contribution < 1.29 is 4.79 Å². The molecule has 0 radical (unpaired) electrons. The van der Waals surface area contributed by atoms with E-state index >= 15 is 0 Å². The molecule has 0 saturated heterocycles. The van der Waals surface area contributed by atoms with Crippen LogP contribution < -0.4 is 0 Å². The van der Waals surface area contributed by atoms with E-state index in [1.807, 2.05) is 0 Å². The Kier molecular flexibility index (Phi) is 2.65. The fraction of sp³-hybridized carbons (Fsp3) is 0.826. The van der Waals surface area contributed by atoms with E-state index in [1.165, 1.54) is 32.1 Å². The third-order valence-corrected chi connectivity index (χ3v) is 10.1. The van der Waals surface area contributed by atoms with Crippen LogP contribution in [-0.4, -0.2) is 5.78 Å². The standard InChI is InChI=1S/C23H29NO/c1-3-23-7-6-14-13-5-4-12(25)8-15(13)16-9-17(16)20(14)21(23)18-10-19(18)22(23,2)11-24/h8,13-14,16-21H,3-7,9-10H2,1-2H3/t13-,14-,16+,17+,18-,19+,20+,21+,22+,23+/m1/s1. The van der Waals surface area contributed by atoms with Gasteiger partial charge in [-0.15, -0.1) is 0 Å². The molecule has 6 aliphatic carbocycles. The van der Waals surface area contributed by atoms with Crippen molar-refractivity contribution in [2.45, 2.75) is 58.8 Å². The minimum atomic E-state index is -0.0783. The average Bonchev–Trinajstić information content (AvgIpc) is 3.52. The van der Waals surface area contributed by atoms with E-state index < -0.39 is 0 Å². The molecule has 132 valence electrons. The molecule has 0 amide bonds. The molecule has 0 aromatic heterocycles. The molecule has 0 spiro atoms. The lowest BCUT2D eigenvalue weighted by atomic mass is 9.46. The maximum absolute atomic E-state index is 12.0. The van der Waals surface area contributed by atoms with E-state index in [0.29, 0.717) is 17.6 Å². The summed E-state index contributed by atoms with van der Waals surface area (Å²) in [6, 6.07) is 2.85. The Balaban J connectivity index is 1.45. The first-order chi connectivity index (χ1) is 12.1. The van der Waals surface area contributed by atoms with Gasteiger partial charge in [-0.05, 0) is 104 Å². The first-order valence-electron chi connectivity index (χ1n) is 10.7. The van der Waals surface area contributed by atoms with E-state index in [-0.39, 0.29) is 10.8 Å². The minimum Gasteiger partial charge on any atom is -0.295 e. The Bertz CT molecular complexity index is 746. The lowest BCUT2D eigenvalue weighted by Gasteiger charge is -2.57. The molecule has 2 nitrogen and oxygen atoms in total. The Morgan fingerprint density at radius 1 is 1.20 bits per heavy atom. The van der Waals surface area contributed by atoms with Gasteiger partial charge in [-0.3, -0.25) is 4.79 Å². The van der Waals surface area contributed by atoms with E-state index in [1.54, 1.807) is 5.57 Å².